The molecule has 5 N–H and O–H groups in total. The van der Waals surface area contributed by atoms with Gasteiger partial charge in [0.15, 0.2) is 0 Å². The van der Waals surface area contributed by atoms with Gasteiger partial charge in [-0.05, 0) is 19.4 Å². The maximum Gasteiger partial charge on any atom is 0.344 e. The predicted octanol–water partition coefficient (Wildman–Crippen LogP) is 0.364. The summed E-state index contributed by atoms with van der Waals surface area (Å²) >= 11 is 0. The predicted molar refractivity (Wildman–Crippen MR) is 94.4 cm³/mol. The Kier molecular flexibility index (Phi) is 5.20. The molecule has 0 bridgehead atoms. The fourth-order valence-corrected chi connectivity index (χ4v) is 2.99. The SMILES string of the molecule is CC(=O)N([C@H](C)CC(=O)O)N1C(=O)N[C@](C)(c2ccc(C(=N)N)cc2)C1=O. The number of nitrogens with one attached hydrogen (secondary N) is 2. The van der Waals surface area contributed by atoms with Crippen LogP contribution in [0.2, 0.25) is 0 Å². The highest BCUT2D eigenvalue weighted by Gasteiger charge is 2.52. The minimum atomic E-state index is -1.46. The van der Waals surface area contributed by atoms with Crippen LogP contribution in [-0.4, -0.2) is 50.8 Å². The van der Waals surface area contributed by atoms with E-state index in [9.17, 15) is 19.2 Å². The third-order valence-corrected chi connectivity index (χ3v) is 4.37. The molecule has 0 saturated carbocycles. The summed E-state index contributed by atoms with van der Waals surface area (Å²) in [7, 11) is 0. The van der Waals surface area contributed by atoms with Gasteiger partial charge in [-0.15, -0.1) is 0 Å². The zero-order chi connectivity index (χ0) is 20.5. The van der Waals surface area contributed by atoms with Gasteiger partial charge in [-0.2, -0.15) is 5.01 Å². The fourth-order valence-electron chi connectivity index (χ4n) is 2.99. The molecule has 0 spiro atoms. The molecule has 2 atom stereocenters. The van der Waals surface area contributed by atoms with Crippen LogP contribution in [0.5, 0.6) is 0 Å². The first-order chi connectivity index (χ1) is 12.5. The molecule has 1 aliphatic heterocycles. The van der Waals surface area contributed by atoms with E-state index in [2.05, 4.69) is 5.32 Å². The number of hydrogen-bond acceptors (Lipinski definition) is 5. The van der Waals surface area contributed by atoms with Crippen LogP contribution in [0, 0.1) is 5.41 Å². The van der Waals surface area contributed by atoms with E-state index in [0.717, 1.165) is 11.9 Å². The van der Waals surface area contributed by atoms with E-state index < -0.39 is 41.8 Å². The number of aliphatic carboxylic acids is 1. The van der Waals surface area contributed by atoms with Crippen molar-refractivity contribution < 1.29 is 24.3 Å². The number of rotatable bonds is 6. The summed E-state index contributed by atoms with van der Waals surface area (Å²) in [5.41, 5.74) is 4.85. The molecule has 1 fully saturated rings. The first kappa shape index (κ1) is 19.9. The number of amides is 4. The lowest BCUT2D eigenvalue weighted by molar-refractivity contribution is -0.161. The highest BCUT2D eigenvalue weighted by molar-refractivity contribution is 6.08. The van der Waals surface area contributed by atoms with E-state index in [1.807, 2.05) is 0 Å². The number of imide groups is 1. The van der Waals surface area contributed by atoms with Crippen molar-refractivity contribution >= 4 is 29.7 Å². The molecule has 144 valence electrons. The van der Waals surface area contributed by atoms with Crippen molar-refractivity contribution in [2.45, 2.75) is 38.8 Å². The van der Waals surface area contributed by atoms with Crippen molar-refractivity contribution in [3.8, 4) is 0 Å². The van der Waals surface area contributed by atoms with Crippen LogP contribution in [0.15, 0.2) is 24.3 Å². The van der Waals surface area contributed by atoms with Crippen LogP contribution in [-0.2, 0) is 19.9 Å². The number of carbonyl (C=O) groups excluding carboxylic acids is 3. The Morgan fingerprint density at radius 2 is 1.89 bits per heavy atom. The smallest absolute Gasteiger partial charge is 0.344 e. The average Bonchev–Trinajstić information content (AvgIpc) is 2.78. The lowest BCUT2D eigenvalue weighted by Crippen LogP contribution is -2.54. The molecule has 10 heteroatoms. The zero-order valence-electron chi connectivity index (χ0n) is 15.1. The number of urea groups is 1. The Bertz CT molecular complexity index is 822. The molecule has 1 aromatic rings. The first-order valence-electron chi connectivity index (χ1n) is 8.12. The third-order valence-electron chi connectivity index (χ3n) is 4.37. The molecule has 1 saturated heterocycles. The van der Waals surface area contributed by atoms with Crippen LogP contribution >= 0.6 is 0 Å². The van der Waals surface area contributed by atoms with Gasteiger partial charge in [0.1, 0.15) is 11.4 Å². The maximum atomic E-state index is 13.0. The Labute approximate surface area is 155 Å². The fraction of sp³-hybridized carbons (Fsp3) is 0.353. The normalized spacial score (nSPS) is 20.2. The summed E-state index contributed by atoms with van der Waals surface area (Å²) < 4.78 is 0. The average molecular weight is 375 g/mol. The largest absolute Gasteiger partial charge is 0.481 e. The number of carboxylic acid groups (broad SMARTS) is 1. The van der Waals surface area contributed by atoms with Gasteiger partial charge in [-0.3, -0.25) is 19.8 Å². The molecule has 4 amide bonds. The molecule has 0 aromatic heterocycles. The monoisotopic (exact) mass is 375 g/mol. The van der Waals surface area contributed by atoms with Crippen LogP contribution in [0.25, 0.3) is 0 Å². The molecule has 10 nitrogen and oxygen atoms in total. The minimum Gasteiger partial charge on any atom is -0.481 e. The van der Waals surface area contributed by atoms with Crippen LogP contribution < -0.4 is 11.1 Å². The standard InChI is InChI=1S/C17H21N5O5/c1-9(8-13(24)25)21(10(2)23)22-15(26)17(3,20-16(22)27)12-6-4-11(5-7-12)14(18)19/h4-7,9H,8H2,1-3H3,(H3,18,19)(H,20,27)(H,24,25)/t9-,17-/m1/s1. The number of nitrogen functional groups attached to an aromatic ring is 1. The summed E-state index contributed by atoms with van der Waals surface area (Å²) in [6, 6.07) is 4.46. The second-order valence-corrected chi connectivity index (χ2v) is 6.47. The second kappa shape index (κ2) is 7.06. The maximum absolute atomic E-state index is 13.0. The highest BCUT2D eigenvalue weighted by atomic mass is 16.4. The molecular weight excluding hydrogens is 354 g/mol. The van der Waals surface area contributed by atoms with Crippen molar-refractivity contribution in [2.24, 2.45) is 5.73 Å². The lowest BCUT2D eigenvalue weighted by Gasteiger charge is -2.33. The number of hydrogen-bond donors (Lipinski definition) is 4. The molecule has 0 aliphatic carbocycles. The summed E-state index contributed by atoms with van der Waals surface area (Å²) in [4.78, 5) is 48.5. The lowest BCUT2D eigenvalue weighted by atomic mass is 9.91. The van der Waals surface area contributed by atoms with Crippen molar-refractivity contribution in [2.75, 3.05) is 0 Å². The van der Waals surface area contributed by atoms with Crippen molar-refractivity contribution in [3.63, 3.8) is 0 Å². The number of hydrazine groups is 1. The Morgan fingerprint density at radius 3 is 2.33 bits per heavy atom. The van der Waals surface area contributed by atoms with Crippen LogP contribution in [0.4, 0.5) is 4.79 Å². The number of nitrogens with zero attached hydrogens (tertiary/aromatic N) is 2. The number of benzene rings is 1. The Morgan fingerprint density at radius 1 is 1.33 bits per heavy atom. The van der Waals surface area contributed by atoms with E-state index in [1.54, 1.807) is 24.3 Å². The minimum absolute atomic E-state index is 0.139. The second-order valence-electron chi connectivity index (χ2n) is 6.47. The summed E-state index contributed by atoms with van der Waals surface area (Å²) in [5.74, 6) is -2.65. The molecule has 1 aliphatic rings. The van der Waals surface area contributed by atoms with E-state index >= 15 is 0 Å². The molecule has 0 unspecified atom stereocenters. The molecule has 1 heterocycles. The van der Waals surface area contributed by atoms with Gasteiger partial charge in [0.2, 0.25) is 5.91 Å². The molecular formula is C17H21N5O5. The number of carbonyl (C=O) groups is 4. The van der Waals surface area contributed by atoms with Gasteiger partial charge >= 0.3 is 12.0 Å². The van der Waals surface area contributed by atoms with Crippen LogP contribution in [0.1, 0.15) is 38.3 Å². The van der Waals surface area contributed by atoms with Crippen molar-refractivity contribution in [3.05, 3.63) is 35.4 Å². The molecule has 27 heavy (non-hydrogen) atoms. The van der Waals surface area contributed by atoms with Crippen molar-refractivity contribution in [1.29, 1.82) is 5.41 Å². The van der Waals surface area contributed by atoms with Gasteiger partial charge in [0.05, 0.1) is 12.5 Å². The van der Waals surface area contributed by atoms with E-state index in [0.29, 0.717) is 16.1 Å². The topological polar surface area (TPSA) is 157 Å². The summed E-state index contributed by atoms with van der Waals surface area (Å²) in [6.07, 6.45) is -0.430. The van der Waals surface area contributed by atoms with Crippen LogP contribution in [0.3, 0.4) is 0 Å². The molecule has 0 radical (unpaired) electrons. The third kappa shape index (κ3) is 3.59. The first-order valence-corrected chi connectivity index (χ1v) is 8.12. The van der Waals surface area contributed by atoms with Crippen molar-refractivity contribution in [1.82, 2.24) is 15.3 Å². The molecule has 2 rings (SSSR count). The van der Waals surface area contributed by atoms with E-state index in [4.69, 9.17) is 16.2 Å². The zero-order valence-corrected chi connectivity index (χ0v) is 15.1. The Hall–Kier alpha value is -3.43. The van der Waals surface area contributed by atoms with Gasteiger partial charge < -0.3 is 16.2 Å². The van der Waals surface area contributed by atoms with Gasteiger partial charge in [-0.25, -0.2) is 9.80 Å². The quantitative estimate of drug-likeness (QED) is 0.319. The van der Waals surface area contributed by atoms with Gasteiger partial charge in [0, 0.05) is 12.5 Å². The van der Waals surface area contributed by atoms with Gasteiger partial charge in [-0.1, -0.05) is 24.3 Å². The van der Waals surface area contributed by atoms with Gasteiger partial charge in [0.25, 0.3) is 5.91 Å². The molecule has 1 aromatic carbocycles. The van der Waals surface area contributed by atoms with E-state index in [-0.39, 0.29) is 5.84 Å². The Balaban J connectivity index is 2.40. The highest BCUT2D eigenvalue weighted by Crippen LogP contribution is 2.31. The summed E-state index contributed by atoms with van der Waals surface area (Å²) in [5, 5.41) is 20.4. The summed E-state index contributed by atoms with van der Waals surface area (Å²) in [6.45, 7) is 4.07. The number of nitrogens with two attached hydrogens (primary N) is 1. The van der Waals surface area contributed by atoms with E-state index in [1.165, 1.54) is 13.8 Å². The number of carboxylic acids is 1. The number of amidine groups is 1.